The number of pyridine rings is 1. The van der Waals surface area contributed by atoms with Crippen LogP contribution in [-0.4, -0.2) is 53.0 Å². The summed E-state index contributed by atoms with van der Waals surface area (Å²) in [7, 11) is 0. The van der Waals surface area contributed by atoms with Crippen LogP contribution < -0.4 is 0 Å². The lowest BCUT2D eigenvalue weighted by Crippen LogP contribution is -2.62. The van der Waals surface area contributed by atoms with Gasteiger partial charge in [-0.15, -0.1) is 0 Å². The summed E-state index contributed by atoms with van der Waals surface area (Å²) in [5.74, 6) is -0.00740. The highest BCUT2D eigenvalue weighted by Crippen LogP contribution is 2.45. The van der Waals surface area contributed by atoms with Gasteiger partial charge in [-0.3, -0.25) is 9.88 Å². The minimum atomic E-state index is -1.19. The molecule has 2 atom stereocenters. The smallest absolute Gasteiger partial charge is 0.410 e. The molecule has 2 saturated heterocycles. The summed E-state index contributed by atoms with van der Waals surface area (Å²) in [6.07, 6.45) is 1.69. The first kappa shape index (κ1) is 21.8. The molecule has 3 aromatic rings. The Morgan fingerprint density at radius 2 is 1.69 bits per heavy atom. The normalized spacial score (nSPS) is 24.9. The molecule has 3 heterocycles. The highest BCUT2D eigenvalue weighted by molar-refractivity contribution is 5.79. The maximum atomic E-state index is 13.3. The number of fused-ring (bicyclic) bond motifs is 5. The molecule has 1 N–H and O–H groups in total. The molecule has 6 rings (SSSR count). The van der Waals surface area contributed by atoms with Gasteiger partial charge in [-0.1, -0.05) is 48.5 Å². The summed E-state index contributed by atoms with van der Waals surface area (Å²) < 4.78 is 11.6. The van der Waals surface area contributed by atoms with Crippen molar-refractivity contribution >= 4 is 6.09 Å². The number of rotatable bonds is 3. The largest absolute Gasteiger partial charge is 0.448 e. The van der Waals surface area contributed by atoms with E-state index in [0.29, 0.717) is 37.3 Å². The molecule has 0 radical (unpaired) electrons. The molecule has 2 aliphatic heterocycles. The lowest BCUT2D eigenvalue weighted by Gasteiger charge is -2.50. The van der Waals surface area contributed by atoms with Gasteiger partial charge in [0.25, 0.3) is 0 Å². The van der Waals surface area contributed by atoms with Crippen LogP contribution in [0.4, 0.5) is 4.79 Å². The molecule has 0 saturated carbocycles. The second-order valence-corrected chi connectivity index (χ2v) is 9.54. The summed E-state index contributed by atoms with van der Waals surface area (Å²) in [4.78, 5) is 19.4. The van der Waals surface area contributed by atoms with Gasteiger partial charge in [0.1, 0.15) is 18.3 Å². The first-order valence-corrected chi connectivity index (χ1v) is 11.9. The second-order valence-electron chi connectivity index (χ2n) is 9.54. The standard InChI is InChI=1S/C28H25N3O4/c29-13-18-9-10-26(30-14-18)28(33)11-19-15-34-16-20(12-28)31(19)27(32)35-17-25-23-7-3-1-5-21(23)22-6-2-4-8-24(22)25/h1-10,14,19-20,25,33H,11-12,15-17H2. The number of morpholine rings is 1. The van der Waals surface area contributed by atoms with Gasteiger partial charge in [0, 0.05) is 25.0 Å². The molecule has 1 aliphatic carbocycles. The van der Waals surface area contributed by atoms with Gasteiger partial charge in [0.2, 0.25) is 0 Å². The number of aromatic nitrogens is 1. The molecular formula is C28H25N3O4. The first-order valence-electron chi connectivity index (χ1n) is 11.9. The van der Waals surface area contributed by atoms with Crippen LogP contribution in [0.3, 0.4) is 0 Å². The molecule has 7 nitrogen and oxygen atoms in total. The third kappa shape index (κ3) is 3.66. The number of nitrogens with zero attached hydrogens (tertiary/aromatic N) is 3. The molecule has 2 fully saturated rings. The van der Waals surface area contributed by atoms with Crippen molar-refractivity contribution in [1.29, 1.82) is 5.26 Å². The number of amides is 1. The van der Waals surface area contributed by atoms with E-state index in [4.69, 9.17) is 14.7 Å². The average Bonchev–Trinajstić information content (AvgIpc) is 3.20. The Bertz CT molecular complexity index is 1260. The van der Waals surface area contributed by atoms with Crippen molar-refractivity contribution in [3.8, 4) is 17.2 Å². The number of hydrogen-bond acceptors (Lipinski definition) is 6. The number of carbonyl (C=O) groups excluding carboxylic acids is 1. The van der Waals surface area contributed by atoms with Crippen molar-refractivity contribution in [3.63, 3.8) is 0 Å². The molecule has 2 unspecified atom stereocenters. The van der Waals surface area contributed by atoms with E-state index < -0.39 is 5.60 Å². The van der Waals surface area contributed by atoms with Gasteiger partial charge in [0.15, 0.2) is 0 Å². The third-order valence-electron chi connectivity index (χ3n) is 7.47. The number of nitriles is 1. The Morgan fingerprint density at radius 1 is 1.06 bits per heavy atom. The molecule has 3 aliphatic rings. The average molecular weight is 468 g/mol. The van der Waals surface area contributed by atoms with E-state index in [1.165, 1.54) is 28.5 Å². The highest BCUT2D eigenvalue weighted by atomic mass is 16.6. The molecule has 1 aromatic heterocycles. The van der Waals surface area contributed by atoms with Crippen molar-refractivity contribution in [3.05, 3.63) is 89.2 Å². The first-order chi connectivity index (χ1) is 17.1. The van der Waals surface area contributed by atoms with Crippen LogP contribution in [0.1, 0.15) is 41.1 Å². The van der Waals surface area contributed by atoms with Crippen molar-refractivity contribution in [2.75, 3.05) is 19.8 Å². The Morgan fingerprint density at radius 3 is 2.26 bits per heavy atom. The van der Waals surface area contributed by atoms with Crippen molar-refractivity contribution in [1.82, 2.24) is 9.88 Å². The summed E-state index contributed by atoms with van der Waals surface area (Å²) >= 11 is 0. The number of carbonyl (C=O) groups is 1. The summed E-state index contributed by atoms with van der Waals surface area (Å²) in [5.41, 5.74) is 4.49. The zero-order valence-corrected chi connectivity index (χ0v) is 19.1. The van der Waals surface area contributed by atoms with Crippen LogP contribution in [0.15, 0.2) is 66.9 Å². The maximum absolute atomic E-state index is 13.3. The molecule has 0 spiro atoms. The topological polar surface area (TPSA) is 95.7 Å². The fraction of sp³-hybridized carbons (Fsp3) is 0.321. The van der Waals surface area contributed by atoms with Gasteiger partial charge in [-0.2, -0.15) is 5.26 Å². The van der Waals surface area contributed by atoms with Crippen LogP contribution in [0, 0.1) is 11.3 Å². The lowest BCUT2D eigenvalue weighted by molar-refractivity contribution is -0.137. The Hall–Kier alpha value is -3.73. The fourth-order valence-corrected chi connectivity index (χ4v) is 5.89. The van der Waals surface area contributed by atoms with Gasteiger partial charge < -0.3 is 14.6 Å². The quantitative estimate of drug-likeness (QED) is 0.627. The van der Waals surface area contributed by atoms with E-state index in [2.05, 4.69) is 29.2 Å². The van der Waals surface area contributed by atoms with Crippen LogP contribution in [0.25, 0.3) is 11.1 Å². The minimum absolute atomic E-state index is 0.00740. The molecule has 35 heavy (non-hydrogen) atoms. The Labute approximate surface area is 203 Å². The van der Waals surface area contributed by atoms with Gasteiger partial charge in [-0.05, 0) is 34.4 Å². The van der Waals surface area contributed by atoms with Gasteiger partial charge >= 0.3 is 6.09 Å². The number of hydrogen-bond donors (Lipinski definition) is 1. The SMILES string of the molecule is N#Cc1ccc(C2(O)CC3COCC(C2)N3C(=O)OCC2c3ccccc3-c3ccccc32)nc1. The molecular weight excluding hydrogens is 442 g/mol. The lowest BCUT2D eigenvalue weighted by atomic mass is 9.79. The number of aliphatic hydroxyl groups is 1. The molecule has 7 heteroatoms. The molecule has 2 bridgehead atoms. The molecule has 2 aromatic carbocycles. The van der Waals surface area contributed by atoms with Crippen molar-refractivity contribution in [2.24, 2.45) is 0 Å². The van der Waals surface area contributed by atoms with E-state index in [0.717, 1.165) is 0 Å². The number of piperidine rings is 1. The highest BCUT2D eigenvalue weighted by Gasteiger charge is 2.50. The maximum Gasteiger partial charge on any atom is 0.410 e. The zero-order chi connectivity index (χ0) is 24.0. The minimum Gasteiger partial charge on any atom is -0.448 e. The number of ether oxygens (including phenoxy) is 2. The second kappa shape index (κ2) is 8.49. The van der Waals surface area contributed by atoms with Gasteiger partial charge in [-0.25, -0.2) is 4.79 Å². The predicted molar refractivity (Wildman–Crippen MR) is 127 cm³/mol. The van der Waals surface area contributed by atoms with E-state index in [1.807, 2.05) is 30.3 Å². The monoisotopic (exact) mass is 467 g/mol. The Balaban J connectivity index is 1.20. The summed E-state index contributed by atoms with van der Waals surface area (Å²) in [6.45, 7) is 0.920. The summed E-state index contributed by atoms with van der Waals surface area (Å²) in [6, 6.07) is 21.3. The van der Waals surface area contributed by atoms with Crippen molar-refractivity contribution < 1.29 is 19.4 Å². The van der Waals surface area contributed by atoms with E-state index in [-0.39, 0.29) is 30.7 Å². The van der Waals surface area contributed by atoms with Gasteiger partial charge in [0.05, 0.1) is 36.6 Å². The van der Waals surface area contributed by atoms with Crippen LogP contribution in [0.2, 0.25) is 0 Å². The third-order valence-corrected chi connectivity index (χ3v) is 7.47. The number of benzene rings is 2. The zero-order valence-electron chi connectivity index (χ0n) is 19.1. The summed E-state index contributed by atoms with van der Waals surface area (Å²) in [5, 5.41) is 20.5. The fourth-order valence-electron chi connectivity index (χ4n) is 5.89. The van der Waals surface area contributed by atoms with Crippen LogP contribution in [-0.2, 0) is 15.1 Å². The van der Waals surface area contributed by atoms with Crippen LogP contribution in [0.5, 0.6) is 0 Å². The van der Waals surface area contributed by atoms with E-state index >= 15 is 0 Å². The molecule has 176 valence electrons. The molecule has 1 amide bonds. The Kier molecular flexibility index (Phi) is 5.28. The van der Waals surface area contributed by atoms with Crippen LogP contribution >= 0.6 is 0 Å². The predicted octanol–water partition coefficient (Wildman–Crippen LogP) is 3.95. The van der Waals surface area contributed by atoms with Crippen molar-refractivity contribution in [2.45, 2.75) is 36.4 Å². The van der Waals surface area contributed by atoms with E-state index in [1.54, 1.807) is 17.0 Å². The van der Waals surface area contributed by atoms with E-state index in [9.17, 15) is 9.90 Å².